The number of carbonyl (C=O) groups is 1. The number of furan rings is 1. The lowest BCUT2D eigenvalue weighted by Crippen LogP contribution is -2.39. The number of thioether (sulfide) groups is 1. The van der Waals surface area contributed by atoms with E-state index in [0.29, 0.717) is 26.3 Å². The largest absolute Gasteiger partial charge is 0.457 e. The second-order valence-electron chi connectivity index (χ2n) is 6.67. The summed E-state index contributed by atoms with van der Waals surface area (Å²) in [5, 5.41) is 0. The number of nitrogens with zero attached hydrogens (tertiary/aromatic N) is 1. The van der Waals surface area contributed by atoms with Gasteiger partial charge >= 0.3 is 0 Å². The highest BCUT2D eigenvalue weighted by atomic mass is 32.2. The Kier molecular flexibility index (Phi) is 5.14. The van der Waals surface area contributed by atoms with Gasteiger partial charge in [-0.05, 0) is 43.2 Å². The second kappa shape index (κ2) is 7.56. The number of thiocarbonyl (C=S) groups is 1. The van der Waals surface area contributed by atoms with Crippen molar-refractivity contribution >= 4 is 40.3 Å². The van der Waals surface area contributed by atoms with Crippen LogP contribution in [-0.2, 0) is 4.79 Å². The molecular formula is C20H17F2NO2S2. The molecule has 0 unspecified atom stereocenters. The number of hydrogen-bond acceptors (Lipinski definition) is 4. The van der Waals surface area contributed by atoms with E-state index in [0.717, 1.165) is 37.8 Å². The topological polar surface area (TPSA) is 33.5 Å². The summed E-state index contributed by atoms with van der Waals surface area (Å²) in [4.78, 5) is 15.1. The van der Waals surface area contributed by atoms with Gasteiger partial charge in [0, 0.05) is 17.7 Å². The van der Waals surface area contributed by atoms with Gasteiger partial charge in [-0.15, -0.1) is 0 Å². The smallest absolute Gasteiger partial charge is 0.266 e. The van der Waals surface area contributed by atoms with E-state index in [-0.39, 0.29) is 11.9 Å². The van der Waals surface area contributed by atoms with Crippen molar-refractivity contribution in [2.75, 3.05) is 0 Å². The average Bonchev–Trinajstić information content (AvgIpc) is 3.23. The van der Waals surface area contributed by atoms with Crippen LogP contribution in [0.25, 0.3) is 17.4 Å². The van der Waals surface area contributed by atoms with Gasteiger partial charge in [0.05, 0.1) is 4.91 Å². The van der Waals surface area contributed by atoms with Crippen molar-refractivity contribution in [1.82, 2.24) is 4.90 Å². The van der Waals surface area contributed by atoms with Gasteiger partial charge in [-0.2, -0.15) is 0 Å². The zero-order valence-corrected chi connectivity index (χ0v) is 16.0. The van der Waals surface area contributed by atoms with E-state index in [1.54, 1.807) is 23.1 Å². The maximum absolute atomic E-state index is 13.4. The fourth-order valence-corrected chi connectivity index (χ4v) is 4.88. The van der Waals surface area contributed by atoms with Crippen LogP contribution in [0.2, 0.25) is 0 Å². The monoisotopic (exact) mass is 405 g/mol. The van der Waals surface area contributed by atoms with Crippen LogP contribution < -0.4 is 0 Å². The highest BCUT2D eigenvalue weighted by Gasteiger charge is 2.37. The van der Waals surface area contributed by atoms with Gasteiger partial charge < -0.3 is 4.42 Å². The van der Waals surface area contributed by atoms with E-state index in [1.807, 2.05) is 0 Å². The molecule has 0 atom stereocenters. The Morgan fingerprint density at radius 2 is 1.89 bits per heavy atom. The van der Waals surface area contributed by atoms with Crippen molar-refractivity contribution in [2.45, 2.75) is 38.1 Å². The molecule has 1 aliphatic carbocycles. The summed E-state index contributed by atoms with van der Waals surface area (Å²) in [5.74, 6) is -1.04. The van der Waals surface area contributed by atoms with E-state index in [1.165, 1.54) is 24.2 Å². The van der Waals surface area contributed by atoms with E-state index in [2.05, 4.69) is 0 Å². The molecule has 1 aliphatic heterocycles. The van der Waals surface area contributed by atoms with Gasteiger partial charge in [0.15, 0.2) is 11.6 Å². The number of amides is 1. The lowest BCUT2D eigenvalue weighted by molar-refractivity contribution is -0.124. The SMILES string of the molecule is O=C1C(=Cc2ccc(-c3ccc(F)c(F)c3)o2)SC(=S)N1C1CCCCC1. The highest BCUT2D eigenvalue weighted by molar-refractivity contribution is 8.26. The molecule has 2 aliphatic rings. The van der Waals surface area contributed by atoms with Crippen LogP contribution in [0.3, 0.4) is 0 Å². The highest BCUT2D eigenvalue weighted by Crippen LogP contribution is 2.37. The molecule has 0 N–H and O–H groups in total. The minimum absolute atomic E-state index is 0.0809. The normalized spacial score (nSPS) is 20.1. The van der Waals surface area contributed by atoms with E-state index >= 15 is 0 Å². The maximum Gasteiger partial charge on any atom is 0.266 e. The van der Waals surface area contributed by atoms with Crippen LogP contribution in [0, 0.1) is 11.6 Å². The van der Waals surface area contributed by atoms with Gasteiger partial charge in [0.2, 0.25) is 0 Å². The number of rotatable bonds is 3. The number of carbonyl (C=O) groups excluding carboxylic acids is 1. The Morgan fingerprint density at radius 1 is 1.11 bits per heavy atom. The molecule has 1 saturated carbocycles. The molecule has 1 aromatic heterocycles. The van der Waals surface area contributed by atoms with Crippen molar-refractivity contribution in [3.8, 4) is 11.3 Å². The summed E-state index contributed by atoms with van der Waals surface area (Å²) in [6.07, 6.45) is 7.08. The van der Waals surface area contributed by atoms with Gasteiger partial charge in [-0.3, -0.25) is 9.69 Å². The van der Waals surface area contributed by atoms with Crippen molar-refractivity contribution in [3.05, 3.63) is 52.6 Å². The third kappa shape index (κ3) is 3.71. The van der Waals surface area contributed by atoms with Crippen LogP contribution >= 0.6 is 24.0 Å². The lowest BCUT2D eigenvalue weighted by Gasteiger charge is -2.29. The van der Waals surface area contributed by atoms with Crippen molar-refractivity contribution in [1.29, 1.82) is 0 Å². The molecule has 0 radical (unpaired) electrons. The van der Waals surface area contributed by atoms with E-state index in [9.17, 15) is 13.6 Å². The quantitative estimate of drug-likeness (QED) is 0.480. The molecule has 0 bridgehead atoms. The molecule has 140 valence electrons. The van der Waals surface area contributed by atoms with Crippen LogP contribution in [0.15, 0.2) is 39.7 Å². The van der Waals surface area contributed by atoms with Gasteiger partial charge in [0.25, 0.3) is 5.91 Å². The van der Waals surface area contributed by atoms with Gasteiger partial charge in [0.1, 0.15) is 15.8 Å². The molecule has 2 heterocycles. The summed E-state index contributed by atoms with van der Waals surface area (Å²) in [5.41, 5.74) is 0.434. The van der Waals surface area contributed by atoms with Crippen LogP contribution in [-0.4, -0.2) is 21.2 Å². The molecule has 0 spiro atoms. The van der Waals surface area contributed by atoms with E-state index in [4.69, 9.17) is 16.6 Å². The van der Waals surface area contributed by atoms with Crippen molar-refractivity contribution < 1.29 is 18.0 Å². The zero-order chi connectivity index (χ0) is 19.0. The predicted molar refractivity (Wildman–Crippen MR) is 106 cm³/mol. The minimum Gasteiger partial charge on any atom is -0.457 e. The molecule has 1 aromatic carbocycles. The van der Waals surface area contributed by atoms with Gasteiger partial charge in [-0.1, -0.05) is 43.2 Å². The minimum atomic E-state index is -0.932. The lowest BCUT2D eigenvalue weighted by atomic mass is 9.94. The Labute approximate surface area is 165 Å². The predicted octanol–water partition coefficient (Wildman–Crippen LogP) is 5.76. The standard InChI is InChI=1S/C20H17F2NO2S2/c21-15-8-6-12(10-16(15)22)17-9-7-14(25-17)11-18-19(24)23(20(26)27-18)13-4-2-1-3-5-13/h6-11,13H,1-5H2. The molecule has 2 fully saturated rings. The summed E-state index contributed by atoms with van der Waals surface area (Å²) in [6, 6.07) is 7.14. The number of halogens is 2. The molecule has 1 amide bonds. The van der Waals surface area contributed by atoms with Crippen LogP contribution in [0.4, 0.5) is 8.78 Å². The maximum atomic E-state index is 13.4. The summed E-state index contributed by atoms with van der Waals surface area (Å²) >= 11 is 6.70. The third-order valence-corrected chi connectivity index (χ3v) is 6.20. The fourth-order valence-electron chi connectivity index (χ4n) is 3.50. The molecule has 7 heteroatoms. The summed E-state index contributed by atoms with van der Waals surface area (Å²) < 4.78 is 32.8. The molecule has 3 nitrogen and oxygen atoms in total. The first-order chi connectivity index (χ1) is 13.0. The number of hydrogen-bond donors (Lipinski definition) is 0. The Hall–Kier alpha value is -1.99. The second-order valence-corrected chi connectivity index (χ2v) is 8.35. The third-order valence-electron chi connectivity index (χ3n) is 4.87. The van der Waals surface area contributed by atoms with Crippen molar-refractivity contribution in [2.24, 2.45) is 0 Å². The first-order valence-electron chi connectivity index (χ1n) is 8.85. The molecule has 4 rings (SSSR count). The fraction of sp³-hybridized carbons (Fsp3) is 0.300. The molecular weight excluding hydrogens is 388 g/mol. The first kappa shape index (κ1) is 18.4. The Balaban J connectivity index is 1.55. The average molecular weight is 405 g/mol. The molecule has 2 aromatic rings. The zero-order valence-electron chi connectivity index (χ0n) is 14.4. The molecule has 1 saturated heterocycles. The molecule has 27 heavy (non-hydrogen) atoms. The Morgan fingerprint density at radius 3 is 2.63 bits per heavy atom. The van der Waals surface area contributed by atoms with Crippen LogP contribution in [0.1, 0.15) is 37.9 Å². The van der Waals surface area contributed by atoms with Gasteiger partial charge in [-0.25, -0.2) is 8.78 Å². The van der Waals surface area contributed by atoms with E-state index < -0.39 is 11.6 Å². The van der Waals surface area contributed by atoms with Crippen molar-refractivity contribution in [3.63, 3.8) is 0 Å². The summed E-state index contributed by atoms with van der Waals surface area (Å²) in [6.45, 7) is 0. The first-order valence-corrected chi connectivity index (χ1v) is 10.1. The number of benzene rings is 1. The summed E-state index contributed by atoms with van der Waals surface area (Å²) in [7, 11) is 0. The Bertz CT molecular complexity index is 932. The van der Waals surface area contributed by atoms with Crippen LogP contribution in [0.5, 0.6) is 0 Å².